The molecule has 0 spiro atoms. The monoisotopic (exact) mass is 270 g/mol. The van der Waals surface area contributed by atoms with Crippen molar-refractivity contribution < 1.29 is 19.4 Å². The maximum Gasteiger partial charge on any atom is 0.334 e. The third-order valence-electron chi connectivity index (χ3n) is 4.05. The van der Waals surface area contributed by atoms with Crippen LogP contribution in [-0.2, 0) is 9.53 Å². The first-order chi connectivity index (χ1) is 9.08. The molecule has 1 aliphatic carbocycles. The maximum atomic E-state index is 12.1. The molecule has 3 atom stereocenters. The minimum absolute atomic E-state index is 0.127. The van der Waals surface area contributed by atoms with E-state index in [1.165, 1.54) is 6.42 Å². The number of hydrogen-bond donors (Lipinski definition) is 2. The zero-order chi connectivity index (χ0) is 13.8. The first-order valence-electron chi connectivity index (χ1n) is 6.98. The standard InChI is InChI=1S/C13H22N2O4/c1-9-4-2-3-5-10(9)14-13(18)15-6-7-19-11(8-15)12(16)17/h9-11H,2-8H2,1H3,(H,14,18)(H,16,17). The van der Waals surface area contributed by atoms with Crippen LogP contribution in [0.25, 0.3) is 0 Å². The predicted molar refractivity (Wildman–Crippen MR) is 68.9 cm³/mol. The minimum Gasteiger partial charge on any atom is -0.479 e. The number of amides is 2. The highest BCUT2D eigenvalue weighted by atomic mass is 16.5. The van der Waals surface area contributed by atoms with Gasteiger partial charge in [0.05, 0.1) is 13.2 Å². The summed E-state index contributed by atoms with van der Waals surface area (Å²) in [7, 11) is 0. The topological polar surface area (TPSA) is 78.9 Å². The first-order valence-corrected chi connectivity index (χ1v) is 6.98. The Bertz CT molecular complexity index is 348. The second kappa shape index (κ2) is 6.23. The molecule has 6 nitrogen and oxygen atoms in total. The molecule has 2 N–H and O–H groups in total. The number of hydrogen-bond acceptors (Lipinski definition) is 3. The summed E-state index contributed by atoms with van der Waals surface area (Å²) in [6.07, 6.45) is 3.64. The molecule has 2 fully saturated rings. The molecule has 108 valence electrons. The SMILES string of the molecule is CC1CCCCC1NC(=O)N1CCOC(C(=O)O)C1. The number of carboxylic acid groups (broad SMARTS) is 1. The molecule has 2 rings (SSSR count). The molecular formula is C13H22N2O4. The highest BCUT2D eigenvalue weighted by Gasteiger charge is 2.31. The third kappa shape index (κ3) is 3.59. The Labute approximate surface area is 113 Å². The number of carboxylic acids is 1. The van der Waals surface area contributed by atoms with E-state index in [9.17, 15) is 9.59 Å². The molecule has 6 heteroatoms. The summed E-state index contributed by atoms with van der Waals surface area (Å²) in [5.74, 6) is -0.516. The van der Waals surface area contributed by atoms with Crippen molar-refractivity contribution in [1.29, 1.82) is 0 Å². The zero-order valence-corrected chi connectivity index (χ0v) is 11.3. The van der Waals surface area contributed by atoms with Crippen LogP contribution in [0.1, 0.15) is 32.6 Å². The van der Waals surface area contributed by atoms with Crippen molar-refractivity contribution in [2.45, 2.75) is 44.8 Å². The van der Waals surface area contributed by atoms with E-state index in [4.69, 9.17) is 9.84 Å². The van der Waals surface area contributed by atoms with Gasteiger partial charge in [-0.05, 0) is 18.8 Å². The van der Waals surface area contributed by atoms with Gasteiger partial charge in [0, 0.05) is 12.6 Å². The van der Waals surface area contributed by atoms with Gasteiger partial charge >= 0.3 is 12.0 Å². The fraction of sp³-hybridized carbons (Fsp3) is 0.846. The molecule has 1 heterocycles. The highest BCUT2D eigenvalue weighted by Crippen LogP contribution is 2.24. The lowest BCUT2D eigenvalue weighted by atomic mass is 9.86. The molecule has 0 bridgehead atoms. The van der Waals surface area contributed by atoms with Crippen LogP contribution >= 0.6 is 0 Å². The van der Waals surface area contributed by atoms with Gasteiger partial charge in [0.2, 0.25) is 0 Å². The van der Waals surface area contributed by atoms with E-state index in [2.05, 4.69) is 12.2 Å². The van der Waals surface area contributed by atoms with E-state index in [0.29, 0.717) is 12.5 Å². The number of rotatable bonds is 2. The van der Waals surface area contributed by atoms with Crippen molar-refractivity contribution in [2.75, 3.05) is 19.7 Å². The van der Waals surface area contributed by atoms with E-state index in [1.807, 2.05) is 0 Å². The zero-order valence-electron chi connectivity index (χ0n) is 11.3. The van der Waals surface area contributed by atoms with Crippen LogP contribution in [0.4, 0.5) is 4.79 Å². The molecule has 1 saturated heterocycles. The van der Waals surface area contributed by atoms with Crippen molar-refractivity contribution in [3.8, 4) is 0 Å². The molecule has 3 unspecified atom stereocenters. The Morgan fingerprint density at radius 1 is 1.32 bits per heavy atom. The quantitative estimate of drug-likeness (QED) is 0.786. The van der Waals surface area contributed by atoms with Crippen LogP contribution in [0.5, 0.6) is 0 Å². The van der Waals surface area contributed by atoms with E-state index in [1.54, 1.807) is 4.90 Å². The van der Waals surface area contributed by atoms with Gasteiger partial charge in [-0.15, -0.1) is 0 Å². The highest BCUT2D eigenvalue weighted by molar-refractivity contribution is 5.77. The Hall–Kier alpha value is -1.30. The van der Waals surface area contributed by atoms with Gasteiger partial charge in [0.15, 0.2) is 6.10 Å². The van der Waals surface area contributed by atoms with Crippen molar-refractivity contribution in [2.24, 2.45) is 5.92 Å². The lowest BCUT2D eigenvalue weighted by Crippen LogP contribution is -2.54. The van der Waals surface area contributed by atoms with Crippen LogP contribution in [0.2, 0.25) is 0 Å². The predicted octanol–water partition coefficient (Wildman–Crippen LogP) is 1.06. The minimum atomic E-state index is -1.01. The van der Waals surface area contributed by atoms with Crippen molar-refractivity contribution in [3.05, 3.63) is 0 Å². The summed E-state index contributed by atoms with van der Waals surface area (Å²) >= 11 is 0. The van der Waals surface area contributed by atoms with E-state index >= 15 is 0 Å². The Balaban J connectivity index is 1.86. The van der Waals surface area contributed by atoms with Gasteiger partial charge in [-0.3, -0.25) is 0 Å². The van der Waals surface area contributed by atoms with Crippen LogP contribution in [0, 0.1) is 5.92 Å². The lowest BCUT2D eigenvalue weighted by Gasteiger charge is -2.35. The van der Waals surface area contributed by atoms with Crippen molar-refractivity contribution >= 4 is 12.0 Å². The second-order valence-electron chi connectivity index (χ2n) is 5.46. The van der Waals surface area contributed by atoms with Gasteiger partial charge in [-0.25, -0.2) is 9.59 Å². The normalized spacial score (nSPS) is 31.8. The summed E-state index contributed by atoms with van der Waals surface area (Å²) < 4.78 is 5.11. The average molecular weight is 270 g/mol. The lowest BCUT2D eigenvalue weighted by molar-refractivity contribution is -0.154. The van der Waals surface area contributed by atoms with E-state index < -0.39 is 12.1 Å². The Morgan fingerprint density at radius 3 is 2.74 bits per heavy atom. The molecule has 0 radical (unpaired) electrons. The van der Waals surface area contributed by atoms with Gasteiger partial charge in [-0.2, -0.15) is 0 Å². The smallest absolute Gasteiger partial charge is 0.334 e. The number of morpholine rings is 1. The molecule has 1 saturated carbocycles. The largest absolute Gasteiger partial charge is 0.479 e. The molecule has 19 heavy (non-hydrogen) atoms. The molecule has 1 aliphatic heterocycles. The maximum absolute atomic E-state index is 12.1. The summed E-state index contributed by atoms with van der Waals surface area (Å²) in [6.45, 7) is 3.02. The Morgan fingerprint density at radius 2 is 2.05 bits per heavy atom. The van der Waals surface area contributed by atoms with Gasteiger partial charge in [0.25, 0.3) is 0 Å². The number of carbonyl (C=O) groups is 2. The summed E-state index contributed by atoms with van der Waals surface area (Å²) in [6, 6.07) is 0.0562. The summed E-state index contributed by atoms with van der Waals surface area (Å²) in [4.78, 5) is 24.6. The van der Waals surface area contributed by atoms with Crippen LogP contribution < -0.4 is 5.32 Å². The molecule has 2 amide bonds. The first kappa shape index (κ1) is 14.1. The molecule has 2 aliphatic rings. The summed E-state index contributed by atoms with van der Waals surface area (Å²) in [5.41, 5.74) is 0. The average Bonchev–Trinajstić information content (AvgIpc) is 2.41. The molecule has 0 aromatic rings. The summed E-state index contributed by atoms with van der Waals surface area (Å²) in [5, 5.41) is 12.0. The number of nitrogens with one attached hydrogen (secondary N) is 1. The number of carbonyl (C=O) groups excluding carboxylic acids is 1. The van der Waals surface area contributed by atoms with Crippen LogP contribution in [-0.4, -0.2) is 53.8 Å². The van der Waals surface area contributed by atoms with Gasteiger partial charge in [0.1, 0.15) is 0 Å². The van der Waals surface area contributed by atoms with E-state index in [0.717, 1.165) is 19.3 Å². The van der Waals surface area contributed by atoms with E-state index in [-0.39, 0.29) is 25.2 Å². The number of urea groups is 1. The Kier molecular flexibility index (Phi) is 4.63. The van der Waals surface area contributed by atoms with Gasteiger partial charge < -0.3 is 20.1 Å². The molecular weight excluding hydrogens is 248 g/mol. The van der Waals surface area contributed by atoms with Gasteiger partial charge in [-0.1, -0.05) is 19.8 Å². The van der Waals surface area contributed by atoms with Crippen LogP contribution in [0.15, 0.2) is 0 Å². The van der Waals surface area contributed by atoms with Crippen molar-refractivity contribution in [1.82, 2.24) is 10.2 Å². The number of nitrogens with zero attached hydrogens (tertiary/aromatic N) is 1. The fourth-order valence-corrected chi connectivity index (χ4v) is 2.76. The van der Waals surface area contributed by atoms with Crippen LogP contribution in [0.3, 0.4) is 0 Å². The molecule has 0 aromatic heterocycles. The molecule has 0 aromatic carbocycles. The number of ether oxygens (including phenoxy) is 1. The number of aliphatic carboxylic acids is 1. The third-order valence-corrected chi connectivity index (χ3v) is 4.05. The second-order valence-corrected chi connectivity index (χ2v) is 5.46. The van der Waals surface area contributed by atoms with Crippen molar-refractivity contribution in [3.63, 3.8) is 0 Å². The fourth-order valence-electron chi connectivity index (χ4n) is 2.76.